The number of alkyl halides is 1. The maximum absolute atomic E-state index is 11.7. The van der Waals surface area contributed by atoms with Crippen LogP contribution in [0.25, 0.3) is 5.00 Å². The summed E-state index contributed by atoms with van der Waals surface area (Å²) >= 11 is 26.7. The standard InChI is InChI=1S/C11H10BrN3OS.C10H12O2S.C9H8BrNO2S.C9H10BrNO2S.C9H9NO2S.C5H5BrS.C5H8O2.2C2H4O2.BHNS.Na.Pd.H/c1-6-13-14-10-11(2-3-11)16-5-7-4-8(12)17-9(7)15(6)10;1-8(11)10(3-4-10)12-6-9-2-5-13-7-9;10-6-3-5-4-13-9(1-2-9)8(12)11-7(5)14-6;10-7-6(1-4-14-7)5-13-9(2-3-9)8(11)12;11-8-9(2-3-9)12-5-6-1-4-13-7(6)10-8;6-3-5-1-2-7-4-5;1-4(6)5(7)2-3-5;2*1-2(3)4;1-2-3;;;/h4H,2-3,5H2,1H3;2,5,7H,3-4,6H2,1H3;3H,1-2,4H2,(H,11,12);1,4H,2-3,5H2,(H2,11,12);1,4H,2-3,5H2,(H,10,11);1-2,4H,3H2;7H,2-3H2,1H3;2*1H3,(H,3,4);3H;;;/q;;;;;;;;;;+1;;-1. The number of halogens is 4. The molecule has 16 rings (SSSR count). The van der Waals surface area contributed by atoms with Crippen LogP contribution in [0.15, 0.2) is 84.3 Å². The number of nitrogens with two attached hydrogens (primary N) is 1. The minimum Gasteiger partial charge on any atom is -1.00 e. The van der Waals surface area contributed by atoms with Crippen molar-refractivity contribution in [1.82, 2.24) is 14.8 Å². The van der Waals surface area contributed by atoms with E-state index in [-0.39, 0.29) is 86.3 Å². The number of aliphatic carboxylic acids is 2. The average molecular weight is 1840 g/mol. The van der Waals surface area contributed by atoms with Crippen molar-refractivity contribution in [2.45, 2.75) is 184 Å². The van der Waals surface area contributed by atoms with Crippen LogP contribution in [0.2, 0.25) is 0 Å². The van der Waals surface area contributed by atoms with Crippen LogP contribution >= 0.6 is 145 Å². The monoisotopic (exact) mass is 1830 g/mol. The van der Waals surface area contributed by atoms with E-state index in [1.807, 2.05) is 47.3 Å². The average Bonchev–Trinajstić information content (AvgIpc) is 1.57. The number of thiol groups is 1. The molecule has 529 valence electrons. The number of aryl methyl sites for hydroxylation is 1. The van der Waals surface area contributed by atoms with Crippen LogP contribution in [0.3, 0.4) is 0 Å². The number of Topliss-reactive ketones (excluding diaryl/α,β-unsaturated/α-hetero) is 2. The molecule has 22 nitrogen and oxygen atoms in total. The topological polar surface area (TPSA) is 319 Å². The summed E-state index contributed by atoms with van der Waals surface area (Å²) in [4.78, 5) is 73.8. The third-order valence-electron chi connectivity index (χ3n) is 15.5. The number of nitrogens with one attached hydrogen (secondary N) is 2. The summed E-state index contributed by atoms with van der Waals surface area (Å²) in [7, 11) is 4.34. The molecule has 7 aromatic heterocycles. The summed E-state index contributed by atoms with van der Waals surface area (Å²) < 4.78 is 36.5. The minimum absolute atomic E-state index is 0. The van der Waals surface area contributed by atoms with Crippen LogP contribution < -0.4 is 45.9 Å². The first kappa shape index (κ1) is 86.2. The molecular formula is C62H72BBr4N7NaO15PdS7. The Balaban J connectivity index is 0.000000241. The second-order valence-corrected chi connectivity index (χ2v) is 33.4. The van der Waals surface area contributed by atoms with Gasteiger partial charge in [0.2, 0.25) is 5.91 Å². The predicted molar refractivity (Wildman–Crippen MR) is 391 cm³/mol. The van der Waals surface area contributed by atoms with Gasteiger partial charge in [0.05, 0.1) is 44.4 Å². The fourth-order valence-electron chi connectivity index (χ4n) is 8.84. The quantitative estimate of drug-likeness (QED) is 0.0380. The molecule has 6 aliphatic carbocycles. The maximum atomic E-state index is 11.7. The van der Waals surface area contributed by atoms with Crippen molar-refractivity contribution in [2.24, 2.45) is 10.0 Å². The van der Waals surface area contributed by atoms with Crippen molar-refractivity contribution in [3.05, 3.63) is 125 Å². The molecule has 3 spiro atoms. The van der Waals surface area contributed by atoms with Crippen molar-refractivity contribution >= 4 is 203 Å². The van der Waals surface area contributed by atoms with E-state index < -0.39 is 39.9 Å². The number of carbonyl (C=O) groups excluding carboxylic acids is 5. The Morgan fingerprint density at radius 2 is 1.16 bits per heavy atom. The molecular weight excluding hydrogens is 1770 g/mol. The van der Waals surface area contributed by atoms with Crippen LogP contribution in [-0.2, 0) is 122 Å². The summed E-state index contributed by atoms with van der Waals surface area (Å²) in [6.07, 6.45) is 10.2. The van der Waals surface area contributed by atoms with E-state index in [2.05, 4.69) is 142 Å². The smallest absolute Gasteiger partial charge is 1.00 e. The van der Waals surface area contributed by atoms with Crippen molar-refractivity contribution < 1.29 is 124 Å². The van der Waals surface area contributed by atoms with E-state index in [0.29, 0.717) is 45.9 Å². The van der Waals surface area contributed by atoms with Crippen LogP contribution in [0.1, 0.15) is 151 Å². The second kappa shape index (κ2) is 39.1. The Kier molecular flexibility index (Phi) is 34.4. The van der Waals surface area contributed by atoms with E-state index in [9.17, 15) is 24.0 Å². The second-order valence-electron chi connectivity index (χ2n) is 23.1. The maximum Gasteiger partial charge on any atom is 1.00 e. The normalized spacial score (nSPS) is 17.9. The summed E-state index contributed by atoms with van der Waals surface area (Å²) in [5, 5.41) is 54.3. The molecule has 6 saturated carbocycles. The van der Waals surface area contributed by atoms with Crippen molar-refractivity contribution in [3.8, 4) is 5.00 Å². The van der Waals surface area contributed by atoms with Crippen LogP contribution in [-0.4, -0.2) is 107 Å². The van der Waals surface area contributed by atoms with Gasteiger partial charge in [0, 0.05) is 61.9 Å². The largest absolute Gasteiger partial charge is 1.00 e. The Labute approximate surface area is 669 Å². The number of rotatable bonds is 10. The number of ketones is 2. The number of anilines is 2. The number of carboxylic acid groups (broad SMARTS) is 2. The van der Waals surface area contributed by atoms with Gasteiger partial charge in [-0.05, 0) is 225 Å². The first-order valence-corrected chi connectivity index (χ1v) is 38.9. The molecule has 0 saturated heterocycles. The Morgan fingerprint density at radius 3 is 1.60 bits per heavy atom. The Bertz CT molecular complexity index is 3820. The zero-order valence-electron chi connectivity index (χ0n) is 55.1. The number of carbonyl (C=O) groups is 7. The first-order valence-electron chi connectivity index (χ1n) is 29.7. The fraction of sp³-hybridized carbons (Fsp3) is 0.468. The van der Waals surface area contributed by atoms with Gasteiger partial charge in [-0.2, -0.15) is 22.7 Å². The molecule has 6 fully saturated rings. The fourth-order valence-corrected chi connectivity index (χ4v) is 16.0. The number of fused-ring (bicyclic) bond motifs is 6. The number of aliphatic hydroxyl groups is 1. The van der Waals surface area contributed by atoms with Gasteiger partial charge in [-0.3, -0.25) is 38.1 Å². The molecule has 36 heteroatoms. The third-order valence-corrected chi connectivity index (χ3v) is 23.6. The van der Waals surface area contributed by atoms with E-state index in [4.69, 9.17) is 54.3 Å². The third kappa shape index (κ3) is 25.2. The minimum atomic E-state index is -0.889. The van der Waals surface area contributed by atoms with E-state index >= 15 is 0 Å². The van der Waals surface area contributed by atoms with Crippen molar-refractivity contribution in [2.75, 3.05) is 10.6 Å². The van der Waals surface area contributed by atoms with Gasteiger partial charge >= 0.3 is 54.3 Å². The van der Waals surface area contributed by atoms with Gasteiger partial charge < -0.3 is 56.8 Å². The summed E-state index contributed by atoms with van der Waals surface area (Å²) in [5.74, 6) is 0.0360. The van der Waals surface area contributed by atoms with E-state index in [1.54, 1.807) is 74.9 Å². The number of carboxylic acids is 2. The SMILES string of the molecule is BrCc1ccsc1.CC(=O)C1(O)CC1.CC(=O)C1(OCc2ccsc2)CC1.CC(=O)O.CC(=O)O.Cc1nnc2n1-c1sc(Br)cc1COC21CC1.NC(=O)C1(OCc2ccsc2Br)CC1.O=C1Nc2sc(Br)cc2COC12CC2.O=C1Nc2sccc2COC12CC2.[B]=NS.[H-].[Na+].[Pd]. The molecule has 98 heavy (non-hydrogen) atoms. The summed E-state index contributed by atoms with van der Waals surface area (Å²) in [6.45, 7) is 9.99. The number of hydrogen-bond acceptors (Lipinski definition) is 23. The van der Waals surface area contributed by atoms with Gasteiger partial charge in [-0.1, -0.05) is 15.9 Å². The molecule has 0 unspecified atom stereocenters. The van der Waals surface area contributed by atoms with Gasteiger partial charge in [0.25, 0.3) is 23.8 Å². The molecule has 3 amide bonds. The van der Waals surface area contributed by atoms with Crippen LogP contribution in [0, 0.1) is 6.92 Å². The number of hydrogen-bond donors (Lipinski definition) is 7. The molecule has 3 aliphatic heterocycles. The van der Waals surface area contributed by atoms with E-state index in [1.165, 1.54) is 23.1 Å². The number of thiophene rings is 6. The Hall–Kier alpha value is -2.41. The number of primary amides is 1. The van der Waals surface area contributed by atoms with Gasteiger partial charge in [-0.15, -0.1) is 55.5 Å². The number of amides is 3. The van der Waals surface area contributed by atoms with Gasteiger partial charge in [-0.25, -0.2) is 0 Å². The molecule has 10 heterocycles. The first-order chi connectivity index (χ1) is 45.5. The molecule has 0 aromatic carbocycles. The molecule has 9 aliphatic rings. The Morgan fingerprint density at radius 1 is 0.684 bits per heavy atom. The van der Waals surface area contributed by atoms with Gasteiger partial charge in [0.15, 0.2) is 17.4 Å². The van der Waals surface area contributed by atoms with Gasteiger partial charge in [0.1, 0.15) is 54.4 Å². The van der Waals surface area contributed by atoms with Crippen LogP contribution in [0.5, 0.6) is 0 Å². The zero-order valence-corrected chi connectivity index (χ0v) is 69.8. The predicted octanol–water partition coefficient (Wildman–Crippen LogP) is 11.8. The molecule has 0 atom stereocenters. The number of ether oxygens (including phenoxy) is 5. The summed E-state index contributed by atoms with van der Waals surface area (Å²) in [5.41, 5.74) is 9.13. The number of aromatic nitrogens is 3. The van der Waals surface area contributed by atoms with E-state index in [0.717, 1.165) is 139 Å². The van der Waals surface area contributed by atoms with Crippen molar-refractivity contribution in [3.63, 3.8) is 0 Å². The molecule has 7 N–H and O–H groups in total. The molecule has 0 bridgehead atoms. The summed E-state index contributed by atoms with van der Waals surface area (Å²) in [6, 6.07) is 12.3. The molecule has 1 radical (unpaired) electrons. The van der Waals surface area contributed by atoms with Crippen LogP contribution in [0.4, 0.5) is 10.0 Å². The zero-order chi connectivity index (χ0) is 70.2. The number of nitrogens with zero attached hydrogens (tertiary/aromatic N) is 4. The molecule has 7 aromatic rings. The van der Waals surface area contributed by atoms with Crippen molar-refractivity contribution in [1.29, 1.82) is 0 Å².